The minimum atomic E-state index is -0.801. The number of likely N-dealkylation sites (N-methyl/N-ethyl adjacent to an activating group) is 1. The van der Waals surface area contributed by atoms with E-state index in [-0.39, 0.29) is 12.3 Å². The zero-order valence-corrected chi connectivity index (χ0v) is 14.1. The maximum atomic E-state index is 10.9. The van der Waals surface area contributed by atoms with Gasteiger partial charge in [-0.25, -0.2) is 4.98 Å². The summed E-state index contributed by atoms with van der Waals surface area (Å²) in [5.74, 6) is -0.531. The van der Waals surface area contributed by atoms with Gasteiger partial charge >= 0.3 is 5.97 Å². The molecule has 0 spiro atoms. The van der Waals surface area contributed by atoms with Crippen molar-refractivity contribution in [2.75, 3.05) is 18.0 Å². The first kappa shape index (κ1) is 16.5. The predicted octanol–water partition coefficient (Wildman–Crippen LogP) is 3.71. The van der Waals surface area contributed by atoms with Crippen LogP contribution in [0.1, 0.15) is 35.3 Å². The summed E-state index contributed by atoms with van der Waals surface area (Å²) >= 11 is 1.52. The fraction of sp³-hybridized carbons (Fsp3) is 0.412. The fourth-order valence-corrected chi connectivity index (χ4v) is 3.53. The normalized spacial score (nSPS) is 12.1. The molecule has 1 atom stereocenters. The van der Waals surface area contributed by atoms with Crippen molar-refractivity contribution in [2.24, 2.45) is 0 Å². The number of anilines is 1. The van der Waals surface area contributed by atoms with Gasteiger partial charge in [0.15, 0.2) is 0 Å². The topological polar surface area (TPSA) is 53.4 Å². The lowest BCUT2D eigenvalue weighted by Gasteiger charge is -2.25. The van der Waals surface area contributed by atoms with Gasteiger partial charge in [-0.2, -0.15) is 0 Å². The van der Waals surface area contributed by atoms with Gasteiger partial charge in [0.25, 0.3) is 0 Å². The van der Waals surface area contributed by atoms with Gasteiger partial charge in [-0.3, -0.25) is 4.79 Å². The van der Waals surface area contributed by atoms with Crippen molar-refractivity contribution in [3.8, 4) is 0 Å². The van der Waals surface area contributed by atoms with Crippen LogP contribution in [0.15, 0.2) is 30.3 Å². The predicted molar refractivity (Wildman–Crippen MR) is 90.9 cm³/mol. The summed E-state index contributed by atoms with van der Waals surface area (Å²) in [5, 5.41) is 9.96. The van der Waals surface area contributed by atoms with E-state index in [1.54, 1.807) is 0 Å². The molecule has 22 heavy (non-hydrogen) atoms. The molecule has 2 rings (SSSR count). The Bertz CT molecular complexity index is 625. The van der Waals surface area contributed by atoms with Crippen molar-refractivity contribution in [3.63, 3.8) is 0 Å². The Balaban J connectivity index is 2.11. The van der Waals surface area contributed by atoms with Crippen molar-refractivity contribution in [1.82, 2.24) is 4.98 Å². The number of thiazole rings is 1. The molecule has 1 N–H and O–H groups in total. The second kappa shape index (κ2) is 7.40. The Hall–Kier alpha value is -1.88. The van der Waals surface area contributed by atoms with Gasteiger partial charge in [-0.1, -0.05) is 25.1 Å². The highest BCUT2D eigenvalue weighted by atomic mass is 32.1. The molecule has 0 saturated heterocycles. The van der Waals surface area contributed by atoms with Gasteiger partial charge in [0.05, 0.1) is 17.1 Å². The number of carbonyl (C=O) groups is 1. The van der Waals surface area contributed by atoms with E-state index in [1.165, 1.54) is 17.0 Å². The van der Waals surface area contributed by atoms with E-state index >= 15 is 0 Å². The van der Waals surface area contributed by atoms with Crippen LogP contribution in [-0.4, -0.2) is 29.1 Å². The van der Waals surface area contributed by atoms with E-state index in [0.29, 0.717) is 0 Å². The van der Waals surface area contributed by atoms with Crippen molar-refractivity contribution >= 4 is 23.0 Å². The second-order valence-electron chi connectivity index (χ2n) is 5.41. The summed E-state index contributed by atoms with van der Waals surface area (Å²) < 4.78 is 0. The molecule has 1 unspecified atom stereocenters. The Labute approximate surface area is 135 Å². The molecule has 118 valence electrons. The van der Waals surface area contributed by atoms with E-state index in [2.05, 4.69) is 35.9 Å². The zero-order chi connectivity index (χ0) is 16.1. The van der Waals surface area contributed by atoms with Crippen LogP contribution in [-0.2, 0) is 11.2 Å². The van der Waals surface area contributed by atoms with Crippen molar-refractivity contribution < 1.29 is 9.90 Å². The van der Waals surface area contributed by atoms with Crippen LogP contribution in [0, 0.1) is 6.92 Å². The standard InChI is InChI=1S/C17H22N2O2S/c1-4-19(14-8-6-5-7-9-14)11-12(2)17-18-13(3)15(22-17)10-16(20)21/h5-9,12H,4,10-11H2,1-3H3,(H,20,21). The average Bonchev–Trinajstić information content (AvgIpc) is 2.86. The lowest BCUT2D eigenvalue weighted by atomic mass is 10.1. The van der Waals surface area contributed by atoms with Crippen molar-refractivity contribution in [1.29, 1.82) is 0 Å². The van der Waals surface area contributed by atoms with Crippen LogP contribution in [0.25, 0.3) is 0 Å². The van der Waals surface area contributed by atoms with Gasteiger partial charge in [-0.15, -0.1) is 11.3 Å². The van der Waals surface area contributed by atoms with Crippen molar-refractivity contribution in [2.45, 2.75) is 33.1 Å². The number of hydrogen-bond acceptors (Lipinski definition) is 4. The molecule has 0 amide bonds. The lowest BCUT2D eigenvalue weighted by Crippen LogP contribution is -2.27. The molecular formula is C17H22N2O2S. The maximum absolute atomic E-state index is 10.9. The van der Waals surface area contributed by atoms with Gasteiger partial charge in [0.1, 0.15) is 0 Å². The first-order valence-corrected chi connectivity index (χ1v) is 8.30. The maximum Gasteiger partial charge on any atom is 0.308 e. The van der Waals surface area contributed by atoms with Crippen LogP contribution in [0.2, 0.25) is 0 Å². The highest BCUT2D eigenvalue weighted by Crippen LogP contribution is 2.27. The number of benzene rings is 1. The monoisotopic (exact) mass is 318 g/mol. The van der Waals surface area contributed by atoms with E-state index in [9.17, 15) is 4.79 Å². The Morgan fingerprint density at radius 3 is 2.64 bits per heavy atom. The average molecular weight is 318 g/mol. The van der Waals surface area contributed by atoms with Gasteiger partial charge < -0.3 is 10.0 Å². The molecule has 0 aliphatic rings. The Morgan fingerprint density at radius 1 is 1.36 bits per heavy atom. The number of rotatable bonds is 7. The van der Waals surface area contributed by atoms with Gasteiger partial charge in [0, 0.05) is 29.6 Å². The number of nitrogens with zero attached hydrogens (tertiary/aromatic N) is 2. The summed E-state index contributed by atoms with van der Waals surface area (Å²) in [6.07, 6.45) is 0.0619. The lowest BCUT2D eigenvalue weighted by molar-refractivity contribution is -0.136. The number of para-hydroxylation sites is 1. The second-order valence-corrected chi connectivity index (χ2v) is 6.52. The molecule has 0 bridgehead atoms. The number of carboxylic acids is 1. The minimum Gasteiger partial charge on any atom is -0.481 e. The smallest absolute Gasteiger partial charge is 0.308 e. The first-order chi connectivity index (χ1) is 10.5. The third kappa shape index (κ3) is 4.07. The van der Waals surface area contributed by atoms with Gasteiger partial charge in [0.2, 0.25) is 0 Å². The molecule has 0 aliphatic heterocycles. The fourth-order valence-electron chi connectivity index (χ4n) is 2.43. The highest BCUT2D eigenvalue weighted by molar-refractivity contribution is 7.11. The first-order valence-electron chi connectivity index (χ1n) is 7.49. The van der Waals surface area contributed by atoms with Crippen LogP contribution >= 0.6 is 11.3 Å². The largest absolute Gasteiger partial charge is 0.481 e. The summed E-state index contributed by atoms with van der Waals surface area (Å²) in [6, 6.07) is 10.3. The third-order valence-electron chi connectivity index (χ3n) is 3.64. The number of hydrogen-bond donors (Lipinski definition) is 1. The molecule has 0 saturated carbocycles. The van der Waals surface area contributed by atoms with Gasteiger partial charge in [-0.05, 0) is 26.0 Å². The van der Waals surface area contributed by atoms with Crippen molar-refractivity contribution in [3.05, 3.63) is 45.9 Å². The molecule has 1 aromatic heterocycles. The molecule has 4 nitrogen and oxygen atoms in total. The Morgan fingerprint density at radius 2 is 2.05 bits per heavy atom. The minimum absolute atomic E-state index is 0.0619. The van der Waals surface area contributed by atoms with Crippen LogP contribution in [0.4, 0.5) is 5.69 Å². The number of aromatic nitrogens is 1. The number of aryl methyl sites for hydroxylation is 1. The molecule has 2 aromatic rings. The van der Waals surface area contributed by atoms with Crippen LogP contribution in [0.3, 0.4) is 0 Å². The molecular weight excluding hydrogens is 296 g/mol. The third-order valence-corrected chi connectivity index (χ3v) is 5.03. The highest BCUT2D eigenvalue weighted by Gasteiger charge is 2.18. The van der Waals surface area contributed by atoms with E-state index in [4.69, 9.17) is 5.11 Å². The molecule has 0 fully saturated rings. The van der Waals surface area contributed by atoms with Crippen LogP contribution in [0.5, 0.6) is 0 Å². The summed E-state index contributed by atoms with van der Waals surface area (Å²) in [5.41, 5.74) is 2.05. The summed E-state index contributed by atoms with van der Waals surface area (Å²) in [6.45, 7) is 7.98. The summed E-state index contributed by atoms with van der Waals surface area (Å²) in [7, 11) is 0. The molecule has 1 aromatic carbocycles. The molecule has 0 radical (unpaired) electrons. The zero-order valence-electron chi connectivity index (χ0n) is 13.2. The molecule has 5 heteroatoms. The number of carboxylic acid groups (broad SMARTS) is 1. The van der Waals surface area contributed by atoms with Crippen LogP contribution < -0.4 is 4.90 Å². The Kier molecular flexibility index (Phi) is 5.55. The number of aliphatic carboxylic acids is 1. The molecule has 0 aliphatic carbocycles. The SMILES string of the molecule is CCN(CC(C)c1nc(C)c(CC(=O)O)s1)c1ccccc1. The van der Waals surface area contributed by atoms with E-state index < -0.39 is 5.97 Å². The van der Waals surface area contributed by atoms with E-state index in [1.807, 2.05) is 25.1 Å². The molecule has 1 heterocycles. The quantitative estimate of drug-likeness (QED) is 0.845. The summed E-state index contributed by atoms with van der Waals surface area (Å²) in [4.78, 5) is 18.6. The van der Waals surface area contributed by atoms with E-state index in [0.717, 1.165) is 28.7 Å².